The first kappa shape index (κ1) is 67.1. The third kappa shape index (κ3) is 56.9. The highest BCUT2D eigenvalue weighted by molar-refractivity contribution is 5.71. The van der Waals surface area contributed by atoms with Crippen LogP contribution in [-0.4, -0.2) is 37.2 Å². The molecule has 0 aliphatic rings. The van der Waals surface area contributed by atoms with Gasteiger partial charge in [0.1, 0.15) is 13.2 Å². The number of ether oxygens (including phenoxy) is 3. The maximum absolute atomic E-state index is 12.8. The fourth-order valence-electron chi connectivity index (χ4n) is 9.56. The molecule has 69 heavy (non-hydrogen) atoms. The summed E-state index contributed by atoms with van der Waals surface area (Å²) in [7, 11) is 0. The van der Waals surface area contributed by atoms with Gasteiger partial charge in [-0.2, -0.15) is 0 Å². The SMILES string of the molecule is CCCCCCCCCC/C=C\CCCCCCCCCCCCCCCCCCCC(=O)OCC(COC(=O)CCCCCCCCCCCC)OC(=O)CCCCCCCCCCCCCC. The molecule has 0 aromatic heterocycles. The molecule has 0 aliphatic carbocycles. The van der Waals surface area contributed by atoms with Crippen LogP contribution in [0.3, 0.4) is 0 Å². The van der Waals surface area contributed by atoms with Crippen molar-refractivity contribution in [2.75, 3.05) is 13.2 Å². The Balaban J connectivity index is 4.03. The summed E-state index contributed by atoms with van der Waals surface area (Å²) in [4.78, 5) is 38.0. The van der Waals surface area contributed by atoms with Gasteiger partial charge in [-0.1, -0.05) is 303 Å². The Morgan fingerprint density at radius 3 is 0.725 bits per heavy atom. The predicted octanol–water partition coefficient (Wildman–Crippen LogP) is 20.9. The monoisotopic (exact) mass is 973 g/mol. The third-order valence-corrected chi connectivity index (χ3v) is 14.3. The standard InChI is InChI=1S/C63H120O6/c1-4-7-10-13-16-19-22-24-25-26-27-28-29-30-31-32-33-34-35-36-37-38-39-40-42-44-47-50-53-56-62(65)68-59-60(58-67-61(64)55-52-49-46-43-21-18-15-12-9-6-3)69-63(66)57-54-51-48-45-41-23-20-17-14-11-8-5-2/h26-27,60H,4-25,28-59H2,1-3H3/b27-26-. The number of carbonyl (C=O) groups is 3. The first-order chi connectivity index (χ1) is 34.0. The Labute approximate surface area is 431 Å². The van der Waals surface area contributed by atoms with Crippen molar-refractivity contribution in [1.82, 2.24) is 0 Å². The minimum Gasteiger partial charge on any atom is -0.462 e. The van der Waals surface area contributed by atoms with E-state index < -0.39 is 6.10 Å². The molecule has 0 rings (SSSR count). The summed E-state index contributed by atoms with van der Waals surface area (Å²) in [5.41, 5.74) is 0. The van der Waals surface area contributed by atoms with Gasteiger partial charge in [0.25, 0.3) is 0 Å². The highest BCUT2D eigenvalue weighted by atomic mass is 16.6. The quantitative estimate of drug-likeness (QED) is 0.0261. The van der Waals surface area contributed by atoms with Gasteiger partial charge in [-0.3, -0.25) is 14.4 Å². The summed E-state index contributed by atoms with van der Waals surface area (Å²) in [6.07, 6.45) is 68.1. The fourth-order valence-corrected chi connectivity index (χ4v) is 9.56. The van der Waals surface area contributed by atoms with Gasteiger partial charge < -0.3 is 14.2 Å². The smallest absolute Gasteiger partial charge is 0.306 e. The lowest BCUT2D eigenvalue weighted by molar-refractivity contribution is -0.167. The molecular weight excluding hydrogens is 853 g/mol. The zero-order chi connectivity index (χ0) is 50.0. The Morgan fingerprint density at radius 1 is 0.275 bits per heavy atom. The van der Waals surface area contributed by atoms with Crippen LogP contribution in [-0.2, 0) is 28.6 Å². The minimum atomic E-state index is -0.762. The van der Waals surface area contributed by atoms with Gasteiger partial charge >= 0.3 is 17.9 Å². The lowest BCUT2D eigenvalue weighted by Crippen LogP contribution is -2.30. The highest BCUT2D eigenvalue weighted by Crippen LogP contribution is 2.18. The maximum Gasteiger partial charge on any atom is 0.306 e. The van der Waals surface area contributed by atoms with Crippen LogP contribution in [0, 0.1) is 0 Å². The number of esters is 3. The second kappa shape index (κ2) is 58.7. The average Bonchev–Trinajstić information content (AvgIpc) is 3.35. The van der Waals surface area contributed by atoms with Crippen molar-refractivity contribution < 1.29 is 28.6 Å². The van der Waals surface area contributed by atoms with Crippen molar-refractivity contribution in [3.63, 3.8) is 0 Å². The van der Waals surface area contributed by atoms with E-state index in [2.05, 4.69) is 32.9 Å². The summed E-state index contributed by atoms with van der Waals surface area (Å²) in [6.45, 7) is 6.68. The second-order valence-electron chi connectivity index (χ2n) is 21.3. The van der Waals surface area contributed by atoms with E-state index in [9.17, 15) is 14.4 Å². The van der Waals surface area contributed by atoms with E-state index in [4.69, 9.17) is 14.2 Å². The van der Waals surface area contributed by atoms with Crippen molar-refractivity contribution in [3.8, 4) is 0 Å². The lowest BCUT2D eigenvalue weighted by atomic mass is 10.0. The van der Waals surface area contributed by atoms with Gasteiger partial charge in [0.05, 0.1) is 0 Å². The topological polar surface area (TPSA) is 78.9 Å². The van der Waals surface area contributed by atoms with Crippen LogP contribution in [0.1, 0.15) is 355 Å². The molecule has 6 nitrogen and oxygen atoms in total. The summed E-state index contributed by atoms with van der Waals surface area (Å²) in [5.74, 6) is -0.841. The molecule has 0 heterocycles. The molecular formula is C63H120O6. The Hall–Kier alpha value is -1.85. The van der Waals surface area contributed by atoms with Crippen molar-refractivity contribution in [1.29, 1.82) is 0 Å². The van der Waals surface area contributed by atoms with Crippen LogP contribution < -0.4 is 0 Å². The van der Waals surface area contributed by atoms with Crippen molar-refractivity contribution in [2.45, 2.75) is 361 Å². The van der Waals surface area contributed by atoms with Crippen LogP contribution in [0.25, 0.3) is 0 Å². The molecule has 0 spiro atoms. The molecule has 0 amide bonds. The van der Waals surface area contributed by atoms with Gasteiger partial charge in [0.15, 0.2) is 6.10 Å². The molecule has 1 atom stereocenters. The van der Waals surface area contributed by atoms with Gasteiger partial charge in [-0.25, -0.2) is 0 Å². The number of allylic oxidation sites excluding steroid dienone is 2. The van der Waals surface area contributed by atoms with Crippen LogP contribution in [0.15, 0.2) is 12.2 Å². The van der Waals surface area contributed by atoms with E-state index in [1.165, 1.54) is 257 Å². The number of carbonyl (C=O) groups excluding carboxylic acids is 3. The van der Waals surface area contributed by atoms with Gasteiger partial charge in [-0.15, -0.1) is 0 Å². The van der Waals surface area contributed by atoms with E-state index in [-0.39, 0.29) is 31.1 Å². The molecule has 6 heteroatoms. The van der Waals surface area contributed by atoms with E-state index in [0.717, 1.165) is 57.8 Å². The minimum absolute atomic E-state index is 0.0632. The largest absolute Gasteiger partial charge is 0.462 e. The average molecular weight is 974 g/mol. The van der Waals surface area contributed by atoms with Crippen LogP contribution in [0.5, 0.6) is 0 Å². The molecule has 0 saturated carbocycles. The lowest BCUT2D eigenvalue weighted by Gasteiger charge is -2.18. The normalized spacial score (nSPS) is 12.0. The summed E-state index contributed by atoms with van der Waals surface area (Å²) < 4.78 is 16.9. The molecule has 1 unspecified atom stereocenters. The van der Waals surface area contributed by atoms with Gasteiger partial charge in [0.2, 0.25) is 0 Å². The van der Waals surface area contributed by atoms with E-state index in [1.807, 2.05) is 0 Å². The first-order valence-electron chi connectivity index (χ1n) is 31.2. The molecule has 0 aromatic rings. The maximum atomic E-state index is 12.8. The molecule has 0 fully saturated rings. The number of hydrogen-bond donors (Lipinski definition) is 0. The van der Waals surface area contributed by atoms with Crippen LogP contribution in [0.2, 0.25) is 0 Å². The molecule has 0 radical (unpaired) electrons. The summed E-state index contributed by atoms with van der Waals surface area (Å²) in [6, 6.07) is 0. The van der Waals surface area contributed by atoms with E-state index in [0.29, 0.717) is 19.3 Å². The molecule has 0 saturated heterocycles. The molecule has 0 N–H and O–H groups in total. The van der Waals surface area contributed by atoms with Crippen molar-refractivity contribution in [2.24, 2.45) is 0 Å². The highest BCUT2D eigenvalue weighted by Gasteiger charge is 2.19. The molecule has 0 aromatic carbocycles. The van der Waals surface area contributed by atoms with Gasteiger partial charge in [0, 0.05) is 19.3 Å². The van der Waals surface area contributed by atoms with Crippen molar-refractivity contribution in [3.05, 3.63) is 12.2 Å². The third-order valence-electron chi connectivity index (χ3n) is 14.3. The van der Waals surface area contributed by atoms with E-state index >= 15 is 0 Å². The first-order valence-corrected chi connectivity index (χ1v) is 31.2. The summed E-state index contributed by atoms with van der Waals surface area (Å²) >= 11 is 0. The van der Waals surface area contributed by atoms with Gasteiger partial charge in [-0.05, 0) is 44.9 Å². The molecule has 0 aliphatic heterocycles. The number of rotatable bonds is 58. The molecule has 0 bridgehead atoms. The zero-order valence-electron chi connectivity index (χ0n) is 46.9. The van der Waals surface area contributed by atoms with E-state index in [1.54, 1.807) is 0 Å². The Bertz CT molecular complexity index is 1070. The Kier molecular flexibility index (Phi) is 57.1. The molecule has 408 valence electrons. The zero-order valence-corrected chi connectivity index (χ0v) is 46.9. The predicted molar refractivity (Wildman–Crippen MR) is 298 cm³/mol. The number of unbranched alkanes of at least 4 members (excludes halogenated alkanes) is 45. The summed E-state index contributed by atoms with van der Waals surface area (Å²) in [5, 5.41) is 0. The van der Waals surface area contributed by atoms with Crippen molar-refractivity contribution >= 4 is 17.9 Å². The fraction of sp³-hybridized carbons (Fsp3) is 0.921. The van der Waals surface area contributed by atoms with Crippen LogP contribution in [0.4, 0.5) is 0 Å². The number of hydrogen-bond acceptors (Lipinski definition) is 6. The second-order valence-corrected chi connectivity index (χ2v) is 21.3. The van der Waals surface area contributed by atoms with Crippen LogP contribution >= 0.6 is 0 Å². The Morgan fingerprint density at radius 2 is 0.478 bits per heavy atom.